The molecule has 1 atom stereocenters. The van der Waals surface area contributed by atoms with E-state index in [2.05, 4.69) is 24.8 Å². The number of nitrogens with zero attached hydrogens (tertiary/aromatic N) is 1. The highest BCUT2D eigenvalue weighted by Crippen LogP contribution is 2.33. The molecule has 2 heterocycles. The summed E-state index contributed by atoms with van der Waals surface area (Å²) in [6.45, 7) is 8.30. The van der Waals surface area contributed by atoms with E-state index in [0.29, 0.717) is 11.2 Å². The summed E-state index contributed by atoms with van der Waals surface area (Å²) < 4.78 is 6.43. The number of ether oxygens (including phenoxy) is 1. The van der Waals surface area contributed by atoms with Crippen molar-refractivity contribution in [2.24, 2.45) is 5.92 Å². The predicted octanol–water partition coefficient (Wildman–Crippen LogP) is 2.69. The van der Waals surface area contributed by atoms with E-state index < -0.39 is 0 Å². The van der Waals surface area contributed by atoms with E-state index in [1.54, 1.807) is 0 Å². The Morgan fingerprint density at radius 3 is 2.75 bits per heavy atom. The Hall–Kier alpha value is -0.0600. The molecule has 2 nitrogen and oxygen atoms in total. The van der Waals surface area contributed by atoms with Crippen molar-refractivity contribution in [1.29, 1.82) is 0 Å². The molecule has 0 amide bonds. The number of thioether (sulfide) groups is 1. The van der Waals surface area contributed by atoms with Crippen LogP contribution in [0.15, 0.2) is 11.8 Å². The monoisotopic (exact) mass is 257 g/mol. The Kier molecular flexibility index (Phi) is 4.27. The summed E-state index contributed by atoms with van der Waals surface area (Å²) in [4.78, 5) is 2.44. The second kappa shape index (κ2) is 5.52. The Morgan fingerprint density at radius 1 is 1.44 bits per heavy atom. The second-order valence-corrected chi connectivity index (χ2v) is 6.64. The predicted molar refractivity (Wildman–Crippen MR) is 73.9 cm³/mol. The third-order valence-corrected chi connectivity index (χ3v) is 4.89. The first-order chi connectivity index (χ1) is 7.66. The summed E-state index contributed by atoms with van der Waals surface area (Å²) in [7, 11) is 0. The summed E-state index contributed by atoms with van der Waals surface area (Å²) in [6.07, 6.45) is 3.34. The highest BCUT2D eigenvalue weighted by Gasteiger charge is 2.25. The minimum absolute atomic E-state index is 0.648. The van der Waals surface area contributed by atoms with Crippen LogP contribution in [0.4, 0.5) is 0 Å². The van der Waals surface area contributed by atoms with Crippen molar-refractivity contribution in [2.45, 2.75) is 25.5 Å². The summed E-state index contributed by atoms with van der Waals surface area (Å²) in [6, 6.07) is 0. The van der Waals surface area contributed by atoms with Crippen LogP contribution in [0.3, 0.4) is 0 Å². The van der Waals surface area contributed by atoms with Gasteiger partial charge in [-0.15, -0.1) is 11.8 Å². The maximum absolute atomic E-state index is 5.38. The molecule has 2 rings (SSSR count). The molecule has 0 spiro atoms. The fourth-order valence-corrected chi connectivity index (χ4v) is 3.60. The molecule has 1 fully saturated rings. The van der Waals surface area contributed by atoms with Gasteiger partial charge in [-0.25, -0.2) is 0 Å². The number of morpholine rings is 1. The molecule has 2 aliphatic rings. The Labute approximate surface area is 107 Å². The topological polar surface area (TPSA) is 12.5 Å². The summed E-state index contributed by atoms with van der Waals surface area (Å²) in [5.74, 6) is 0.688. The quantitative estimate of drug-likeness (QED) is 0.705. The molecule has 1 saturated heterocycles. The lowest BCUT2D eigenvalue weighted by molar-refractivity contribution is 0.0519. The molecule has 0 radical (unpaired) electrons. The van der Waals surface area contributed by atoms with Crippen molar-refractivity contribution < 1.29 is 4.74 Å². The molecule has 16 heavy (non-hydrogen) atoms. The molecule has 90 valence electrons. The zero-order chi connectivity index (χ0) is 11.5. The molecule has 0 aromatic heterocycles. The van der Waals surface area contributed by atoms with Gasteiger partial charge in [0.1, 0.15) is 0 Å². The number of hydrogen-bond acceptors (Lipinski definition) is 4. The third-order valence-electron chi connectivity index (χ3n) is 3.12. The van der Waals surface area contributed by atoms with E-state index in [9.17, 15) is 0 Å². The van der Waals surface area contributed by atoms with Crippen molar-refractivity contribution >= 4 is 28.2 Å². The Bertz CT molecular complexity index is 295. The molecule has 0 aliphatic carbocycles. The van der Waals surface area contributed by atoms with Gasteiger partial charge in [-0.3, -0.25) is 0 Å². The standard InChI is InChI=1S/C12H19NOS2/c1-9(2)11-7-10(8-12(15)16-11)13-3-5-14-6-4-13/h8-9,11H,3-7H2,1-2H3. The normalized spacial score (nSPS) is 27.2. The first-order valence-corrected chi connectivity index (χ1v) is 7.19. The van der Waals surface area contributed by atoms with Gasteiger partial charge in [0.05, 0.1) is 17.4 Å². The van der Waals surface area contributed by atoms with Crippen molar-refractivity contribution in [3.05, 3.63) is 11.8 Å². The number of rotatable bonds is 2. The lowest BCUT2D eigenvalue weighted by Gasteiger charge is -2.35. The SMILES string of the molecule is CC(C)C1CC(N2CCOCC2)=CC(=S)S1. The van der Waals surface area contributed by atoms with E-state index in [-0.39, 0.29) is 0 Å². The third kappa shape index (κ3) is 2.99. The van der Waals surface area contributed by atoms with E-state index in [1.165, 1.54) is 5.70 Å². The van der Waals surface area contributed by atoms with Gasteiger partial charge in [-0.2, -0.15) is 0 Å². The van der Waals surface area contributed by atoms with Gasteiger partial charge in [0, 0.05) is 24.0 Å². The van der Waals surface area contributed by atoms with E-state index >= 15 is 0 Å². The molecule has 0 N–H and O–H groups in total. The molecule has 0 saturated carbocycles. The zero-order valence-electron chi connectivity index (χ0n) is 9.94. The van der Waals surface area contributed by atoms with Gasteiger partial charge >= 0.3 is 0 Å². The summed E-state index contributed by atoms with van der Waals surface area (Å²) in [5, 5.41) is 0.648. The molecule has 0 aromatic carbocycles. The van der Waals surface area contributed by atoms with Gasteiger partial charge in [-0.1, -0.05) is 26.1 Å². The largest absolute Gasteiger partial charge is 0.378 e. The Morgan fingerprint density at radius 2 is 2.12 bits per heavy atom. The fraction of sp³-hybridized carbons (Fsp3) is 0.750. The molecular formula is C12H19NOS2. The first-order valence-electron chi connectivity index (χ1n) is 5.90. The molecule has 2 aliphatic heterocycles. The average Bonchev–Trinajstić information content (AvgIpc) is 2.29. The highest BCUT2D eigenvalue weighted by molar-refractivity contribution is 8.24. The van der Waals surface area contributed by atoms with Crippen molar-refractivity contribution in [3.63, 3.8) is 0 Å². The summed E-state index contributed by atoms with van der Waals surface area (Å²) in [5.41, 5.74) is 1.42. The van der Waals surface area contributed by atoms with Gasteiger partial charge < -0.3 is 9.64 Å². The van der Waals surface area contributed by atoms with Crippen molar-refractivity contribution in [2.75, 3.05) is 26.3 Å². The van der Waals surface area contributed by atoms with E-state index in [1.807, 2.05) is 11.8 Å². The minimum Gasteiger partial charge on any atom is -0.378 e. The molecular weight excluding hydrogens is 238 g/mol. The lowest BCUT2D eigenvalue weighted by Crippen LogP contribution is -2.38. The van der Waals surface area contributed by atoms with E-state index in [0.717, 1.165) is 36.9 Å². The van der Waals surface area contributed by atoms with Crippen LogP contribution in [0.25, 0.3) is 0 Å². The number of hydrogen-bond donors (Lipinski definition) is 0. The molecule has 4 heteroatoms. The number of allylic oxidation sites excluding steroid dienone is 1. The first kappa shape index (κ1) is 12.4. The van der Waals surface area contributed by atoms with Crippen LogP contribution >= 0.6 is 24.0 Å². The number of thiocarbonyl (C=S) groups is 1. The van der Waals surface area contributed by atoms with Crippen molar-refractivity contribution in [3.8, 4) is 0 Å². The molecule has 0 bridgehead atoms. The Balaban J connectivity index is 2.05. The second-order valence-electron chi connectivity index (χ2n) is 4.66. The van der Waals surface area contributed by atoms with Crippen LogP contribution in [0.5, 0.6) is 0 Å². The average molecular weight is 257 g/mol. The maximum Gasteiger partial charge on any atom is 0.0725 e. The van der Waals surface area contributed by atoms with Crippen LogP contribution in [-0.2, 0) is 4.74 Å². The van der Waals surface area contributed by atoms with Gasteiger partial charge in [0.15, 0.2) is 0 Å². The van der Waals surface area contributed by atoms with Gasteiger partial charge in [0.25, 0.3) is 0 Å². The lowest BCUT2D eigenvalue weighted by atomic mass is 10.0. The molecule has 1 unspecified atom stereocenters. The van der Waals surface area contributed by atoms with Crippen LogP contribution in [0.2, 0.25) is 0 Å². The summed E-state index contributed by atoms with van der Waals surface area (Å²) >= 11 is 7.24. The van der Waals surface area contributed by atoms with Crippen LogP contribution in [0.1, 0.15) is 20.3 Å². The van der Waals surface area contributed by atoms with Crippen LogP contribution in [0, 0.1) is 5.92 Å². The van der Waals surface area contributed by atoms with Crippen LogP contribution in [-0.4, -0.2) is 40.6 Å². The van der Waals surface area contributed by atoms with Gasteiger partial charge in [0.2, 0.25) is 0 Å². The van der Waals surface area contributed by atoms with Crippen molar-refractivity contribution in [1.82, 2.24) is 4.90 Å². The van der Waals surface area contributed by atoms with Gasteiger partial charge in [-0.05, 0) is 18.4 Å². The molecule has 0 aromatic rings. The van der Waals surface area contributed by atoms with E-state index in [4.69, 9.17) is 17.0 Å². The zero-order valence-corrected chi connectivity index (χ0v) is 11.6. The fourth-order valence-electron chi connectivity index (χ4n) is 2.07. The smallest absolute Gasteiger partial charge is 0.0725 e. The minimum atomic E-state index is 0.648. The highest BCUT2D eigenvalue weighted by atomic mass is 32.2. The maximum atomic E-state index is 5.38. The van der Waals surface area contributed by atoms with Crippen LogP contribution < -0.4 is 0 Å².